The molecule has 2 aromatic carbocycles. The maximum absolute atomic E-state index is 12.1. The maximum Gasteiger partial charge on any atom is 0.254 e. The zero-order chi connectivity index (χ0) is 23.8. The third-order valence-electron chi connectivity index (χ3n) is 6.52. The molecule has 3 aromatic rings. The predicted octanol–water partition coefficient (Wildman–Crippen LogP) is 2.39. The first-order chi connectivity index (χ1) is 16.4. The molecule has 2 heterocycles. The standard InChI is InChI=1S/C25H28N6O3/c1-31-8-7-14-11-21(34-2)19(9-16(14)13-31)28-25-27-12-18(23(26)33)24(30-25)29-22-17-6-4-3-5-15(17)10-20(22)32/h3-6,9,11-12,20,22,32H,7-8,10,13H2,1-2H3,(H2,26,33)(H2,27,28,29,30)/t20-,22-/m0/s1. The normalized spacial score (nSPS) is 19.3. The van der Waals surface area contributed by atoms with Crippen LogP contribution in [0.25, 0.3) is 0 Å². The highest BCUT2D eigenvalue weighted by molar-refractivity contribution is 5.97. The molecule has 2 aliphatic rings. The lowest BCUT2D eigenvalue weighted by Crippen LogP contribution is -2.26. The second-order valence-electron chi connectivity index (χ2n) is 8.85. The second-order valence-corrected chi connectivity index (χ2v) is 8.85. The van der Waals surface area contributed by atoms with Gasteiger partial charge in [-0.15, -0.1) is 0 Å². The van der Waals surface area contributed by atoms with Gasteiger partial charge in [0.15, 0.2) is 0 Å². The van der Waals surface area contributed by atoms with Crippen molar-refractivity contribution in [2.75, 3.05) is 31.3 Å². The fourth-order valence-corrected chi connectivity index (χ4v) is 4.74. The third kappa shape index (κ3) is 4.15. The lowest BCUT2D eigenvalue weighted by Gasteiger charge is -2.26. The van der Waals surface area contributed by atoms with Crippen LogP contribution in [0.1, 0.15) is 38.7 Å². The minimum atomic E-state index is -0.651. The maximum atomic E-state index is 12.1. The lowest BCUT2D eigenvalue weighted by molar-refractivity contribution is 0.1000. The summed E-state index contributed by atoms with van der Waals surface area (Å²) in [6.07, 6.45) is 2.23. The van der Waals surface area contributed by atoms with Gasteiger partial charge in [0.1, 0.15) is 11.6 Å². The Bertz CT molecular complexity index is 1250. The van der Waals surface area contributed by atoms with E-state index in [2.05, 4.69) is 38.6 Å². The topological polar surface area (TPSA) is 126 Å². The molecule has 2 atom stereocenters. The molecule has 1 aliphatic carbocycles. The Hall–Kier alpha value is -3.69. The van der Waals surface area contributed by atoms with E-state index >= 15 is 0 Å². The molecule has 5 rings (SSSR count). The molecule has 34 heavy (non-hydrogen) atoms. The number of methoxy groups -OCH3 is 1. The quantitative estimate of drug-likeness (QED) is 0.442. The average Bonchev–Trinajstić information content (AvgIpc) is 3.13. The molecule has 0 saturated heterocycles. The molecular weight excluding hydrogens is 432 g/mol. The van der Waals surface area contributed by atoms with Gasteiger partial charge >= 0.3 is 0 Å². The van der Waals surface area contributed by atoms with Crippen LogP contribution in [-0.4, -0.2) is 52.7 Å². The summed E-state index contributed by atoms with van der Waals surface area (Å²) in [5, 5.41) is 17.1. The molecule has 0 fully saturated rings. The molecule has 5 N–H and O–H groups in total. The molecular formula is C25H28N6O3. The van der Waals surface area contributed by atoms with Gasteiger partial charge in [0.05, 0.1) is 30.5 Å². The highest BCUT2D eigenvalue weighted by Crippen LogP contribution is 2.36. The summed E-state index contributed by atoms with van der Waals surface area (Å²) in [6, 6.07) is 11.5. The van der Waals surface area contributed by atoms with Gasteiger partial charge < -0.3 is 31.1 Å². The molecule has 9 heteroatoms. The molecule has 1 aromatic heterocycles. The Morgan fingerprint density at radius 2 is 2.06 bits per heavy atom. The summed E-state index contributed by atoms with van der Waals surface area (Å²) in [5.74, 6) is 0.600. The summed E-state index contributed by atoms with van der Waals surface area (Å²) in [5.41, 5.74) is 11.0. The van der Waals surface area contributed by atoms with Crippen LogP contribution in [0.4, 0.5) is 17.5 Å². The number of likely N-dealkylation sites (N-methyl/N-ethyl adjacent to an activating group) is 1. The number of aliphatic hydroxyl groups is 1. The zero-order valence-corrected chi connectivity index (χ0v) is 19.2. The van der Waals surface area contributed by atoms with E-state index in [1.165, 1.54) is 17.3 Å². The molecule has 9 nitrogen and oxygen atoms in total. The van der Waals surface area contributed by atoms with Crippen molar-refractivity contribution in [1.29, 1.82) is 0 Å². The number of benzene rings is 2. The van der Waals surface area contributed by atoms with E-state index in [0.29, 0.717) is 12.2 Å². The number of hydrogen-bond acceptors (Lipinski definition) is 8. The van der Waals surface area contributed by atoms with Crippen molar-refractivity contribution in [1.82, 2.24) is 14.9 Å². The first-order valence-corrected chi connectivity index (χ1v) is 11.3. The van der Waals surface area contributed by atoms with Crippen molar-refractivity contribution in [3.8, 4) is 5.75 Å². The number of anilines is 3. The molecule has 0 spiro atoms. The Balaban J connectivity index is 1.47. The minimum Gasteiger partial charge on any atom is -0.495 e. The predicted molar refractivity (Wildman–Crippen MR) is 129 cm³/mol. The van der Waals surface area contributed by atoms with Gasteiger partial charge in [0, 0.05) is 25.7 Å². The molecule has 0 radical (unpaired) electrons. The van der Waals surface area contributed by atoms with Crippen molar-refractivity contribution in [3.63, 3.8) is 0 Å². The van der Waals surface area contributed by atoms with Crippen LogP contribution in [0.15, 0.2) is 42.6 Å². The van der Waals surface area contributed by atoms with Crippen LogP contribution in [0.2, 0.25) is 0 Å². The van der Waals surface area contributed by atoms with Crippen LogP contribution < -0.4 is 21.1 Å². The van der Waals surface area contributed by atoms with Crippen LogP contribution in [0.3, 0.4) is 0 Å². The number of amides is 1. The summed E-state index contributed by atoms with van der Waals surface area (Å²) in [6.45, 7) is 1.85. The largest absolute Gasteiger partial charge is 0.495 e. The van der Waals surface area contributed by atoms with Crippen LogP contribution in [0.5, 0.6) is 5.75 Å². The molecule has 176 valence electrons. The number of aliphatic hydroxyl groups excluding tert-OH is 1. The fraction of sp³-hybridized carbons (Fsp3) is 0.320. The first kappa shape index (κ1) is 22.1. The van der Waals surface area contributed by atoms with Gasteiger partial charge in [0.2, 0.25) is 5.95 Å². The Labute approximate surface area is 198 Å². The van der Waals surface area contributed by atoms with Crippen molar-refractivity contribution in [3.05, 3.63) is 70.4 Å². The van der Waals surface area contributed by atoms with Crippen LogP contribution in [-0.2, 0) is 19.4 Å². The van der Waals surface area contributed by atoms with E-state index in [1.807, 2.05) is 30.3 Å². The molecule has 1 amide bonds. The van der Waals surface area contributed by atoms with Crippen LogP contribution >= 0.6 is 0 Å². The molecule has 0 unspecified atom stereocenters. The Morgan fingerprint density at radius 3 is 2.85 bits per heavy atom. The number of aromatic nitrogens is 2. The summed E-state index contributed by atoms with van der Waals surface area (Å²) < 4.78 is 5.61. The van der Waals surface area contributed by atoms with E-state index in [0.717, 1.165) is 36.3 Å². The van der Waals surface area contributed by atoms with Crippen molar-refractivity contribution in [2.24, 2.45) is 5.73 Å². The van der Waals surface area contributed by atoms with E-state index in [-0.39, 0.29) is 17.3 Å². The van der Waals surface area contributed by atoms with E-state index in [4.69, 9.17) is 10.5 Å². The molecule has 0 bridgehead atoms. The second kappa shape index (κ2) is 8.92. The van der Waals surface area contributed by atoms with Crippen molar-refractivity contribution in [2.45, 2.75) is 31.5 Å². The number of primary amides is 1. The SMILES string of the molecule is COc1cc2c(cc1Nc1ncc(C(N)=O)c(N[C@H]3c4ccccc4C[C@@H]3O)n1)CN(C)CC2. The summed E-state index contributed by atoms with van der Waals surface area (Å²) >= 11 is 0. The van der Waals surface area contributed by atoms with Crippen molar-refractivity contribution >= 4 is 23.4 Å². The molecule has 0 saturated carbocycles. The third-order valence-corrected chi connectivity index (χ3v) is 6.52. The van der Waals surface area contributed by atoms with Crippen LogP contribution in [0, 0.1) is 0 Å². The number of nitrogens with one attached hydrogen (secondary N) is 2. The number of nitrogens with zero attached hydrogens (tertiary/aromatic N) is 3. The zero-order valence-electron chi connectivity index (χ0n) is 19.2. The summed E-state index contributed by atoms with van der Waals surface area (Å²) in [4.78, 5) is 23.2. The summed E-state index contributed by atoms with van der Waals surface area (Å²) in [7, 11) is 3.73. The smallest absolute Gasteiger partial charge is 0.254 e. The van der Waals surface area contributed by atoms with Gasteiger partial charge in [-0.25, -0.2) is 4.98 Å². The van der Waals surface area contributed by atoms with E-state index < -0.39 is 18.1 Å². The van der Waals surface area contributed by atoms with Gasteiger partial charge in [-0.3, -0.25) is 4.79 Å². The number of ether oxygens (including phenoxy) is 1. The fourth-order valence-electron chi connectivity index (χ4n) is 4.74. The van der Waals surface area contributed by atoms with E-state index in [1.54, 1.807) is 7.11 Å². The number of hydrogen-bond donors (Lipinski definition) is 4. The Morgan fingerprint density at radius 1 is 1.24 bits per heavy atom. The number of nitrogens with two attached hydrogens (primary N) is 1. The van der Waals surface area contributed by atoms with E-state index in [9.17, 15) is 9.90 Å². The lowest BCUT2D eigenvalue weighted by atomic mass is 9.99. The van der Waals surface area contributed by atoms with Gasteiger partial charge in [0.25, 0.3) is 5.91 Å². The molecule has 1 aliphatic heterocycles. The number of fused-ring (bicyclic) bond motifs is 2. The van der Waals surface area contributed by atoms with Gasteiger partial charge in [-0.1, -0.05) is 24.3 Å². The highest BCUT2D eigenvalue weighted by atomic mass is 16.5. The monoisotopic (exact) mass is 460 g/mol. The highest BCUT2D eigenvalue weighted by Gasteiger charge is 2.32. The van der Waals surface area contributed by atoms with Crippen molar-refractivity contribution < 1.29 is 14.6 Å². The first-order valence-electron chi connectivity index (χ1n) is 11.3. The average molecular weight is 461 g/mol. The van der Waals surface area contributed by atoms with Gasteiger partial charge in [-0.2, -0.15) is 4.98 Å². The number of carbonyl (C=O) groups is 1. The number of carbonyl (C=O) groups excluding carboxylic acids is 1. The van der Waals surface area contributed by atoms with Gasteiger partial charge in [-0.05, 0) is 47.9 Å². The Kier molecular flexibility index (Phi) is 5.80. The minimum absolute atomic E-state index is 0.154. The number of rotatable bonds is 6.